The summed E-state index contributed by atoms with van der Waals surface area (Å²) in [7, 11) is 0. The fraction of sp³-hybridized carbons (Fsp3) is 0.417. The molecule has 2 aliphatic rings. The molecule has 0 spiro atoms. The van der Waals surface area contributed by atoms with Crippen molar-refractivity contribution >= 4 is 23.3 Å². The minimum Gasteiger partial charge on any atom is -0.365 e. The van der Waals surface area contributed by atoms with E-state index < -0.39 is 23.1 Å². The van der Waals surface area contributed by atoms with E-state index in [2.05, 4.69) is 10.3 Å². The maximum atomic E-state index is 13.7. The minimum atomic E-state index is -1.31. The second-order valence-electron chi connectivity index (χ2n) is 8.80. The lowest BCUT2D eigenvalue weighted by atomic mass is 9.82. The number of hydrogen-bond donors (Lipinski definition) is 1. The van der Waals surface area contributed by atoms with Gasteiger partial charge in [0.15, 0.2) is 17.4 Å². The molecule has 0 saturated carbocycles. The van der Waals surface area contributed by atoms with Gasteiger partial charge in [-0.15, -0.1) is 0 Å². The number of rotatable bonds is 5. The minimum absolute atomic E-state index is 0.114. The summed E-state index contributed by atoms with van der Waals surface area (Å²) in [5.74, 6) is -3.15. The topological polar surface area (TPSA) is 82.6 Å². The second kappa shape index (κ2) is 8.88. The van der Waals surface area contributed by atoms with Crippen LogP contribution in [0.1, 0.15) is 32.4 Å². The molecule has 0 aliphatic carbocycles. The highest BCUT2D eigenvalue weighted by molar-refractivity contribution is 6.10. The molecule has 2 unspecified atom stereocenters. The van der Waals surface area contributed by atoms with Crippen molar-refractivity contribution in [3.8, 4) is 0 Å². The number of halogens is 2. The normalized spacial score (nSPS) is 24.1. The number of Topliss-reactive ketones (excluding diaryl/α,β-unsaturated/α-hetero) is 1. The van der Waals surface area contributed by atoms with Gasteiger partial charge in [0.05, 0.1) is 12.1 Å². The smallest absolute Gasteiger partial charge is 0.228 e. The number of nitrogens with one attached hydrogen (secondary N) is 1. The molecule has 33 heavy (non-hydrogen) atoms. The van der Waals surface area contributed by atoms with Crippen LogP contribution in [0.15, 0.2) is 42.6 Å². The van der Waals surface area contributed by atoms with E-state index in [9.17, 15) is 23.2 Å². The Morgan fingerprint density at radius 1 is 1.21 bits per heavy atom. The van der Waals surface area contributed by atoms with Crippen LogP contribution in [0.5, 0.6) is 0 Å². The molecule has 2 aliphatic heterocycles. The SMILES string of the molecule is CC(CC1(c2ccccn2)NC(=O)CC1=O)C(=O)N1CCN(c2ccc(F)c(F)c2)[C@@H](C)C1. The van der Waals surface area contributed by atoms with Gasteiger partial charge >= 0.3 is 0 Å². The Bertz CT molecular complexity index is 1080. The molecule has 7 nitrogen and oxygen atoms in total. The number of ketones is 1. The summed E-state index contributed by atoms with van der Waals surface area (Å²) in [6.45, 7) is 4.94. The number of carbonyl (C=O) groups excluding carboxylic acids is 3. The maximum absolute atomic E-state index is 13.7. The molecular formula is C24H26F2N4O3. The van der Waals surface area contributed by atoms with E-state index >= 15 is 0 Å². The Morgan fingerprint density at radius 3 is 2.61 bits per heavy atom. The number of carbonyl (C=O) groups is 3. The van der Waals surface area contributed by atoms with Gasteiger partial charge in [-0.1, -0.05) is 13.0 Å². The third kappa shape index (κ3) is 4.31. The average molecular weight is 456 g/mol. The molecular weight excluding hydrogens is 430 g/mol. The van der Waals surface area contributed by atoms with E-state index in [0.29, 0.717) is 31.0 Å². The van der Waals surface area contributed by atoms with Crippen LogP contribution in [0, 0.1) is 17.6 Å². The largest absolute Gasteiger partial charge is 0.365 e. The van der Waals surface area contributed by atoms with Gasteiger partial charge in [-0.2, -0.15) is 0 Å². The van der Waals surface area contributed by atoms with Crippen LogP contribution in [-0.4, -0.2) is 53.2 Å². The van der Waals surface area contributed by atoms with Gasteiger partial charge in [-0.3, -0.25) is 19.4 Å². The molecule has 3 heterocycles. The van der Waals surface area contributed by atoms with E-state index in [0.717, 1.165) is 12.1 Å². The van der Waals surface area contributed by atoms with Crippen LogP contribution < -0.4 is 10.2 Å². The van der Waals surface area contributed by atoms with E-state index in [-0.39, 0.29) is 36.5 Å². The lowest BCUT2D eigenvalue weighted by molar-refractivity contribution is -0.137. The number of anilines is 1. The van der Waals surface area contributed by atoms with Crippen molar-refractivity contribution < 1.29 is 23.2 Å². The third-order valence-electron chi connectivity index (χ3n) is 6.46. The first-order valence-electron chi connectivity index (χ1n) is 11.0. The van der Waals surface area contributed by atoms with Crippen molar-refractivity contribution in [2.75, 3.05) is 24.5 Å². The molecule has 9 heteroatoms. The van der Waals surface area contributed by atoms with Gasteiger partial charge in [0.25, 0.3) is 0 Å². The number of nitrogens with zero attached hydrogens (tertiary/aromatic N) is 3. The standard InChI is InChI=1S/C24H26F2N4O3/c1-15(13-24(20-5-3-4-8-27-20)21(31)12-22(32)28-24)23(33)29-9-10-30(16(2)14-29)17-6-7-18(25)19(26)11-17/h3-8,11,15-16H,9-10,12-14H2,1-2H3,(H,28,32)/t15?,16-,24?/m0/s1. The van der Waals surface area contributed by atoms with Crippen LogP contribution in [0.25, 0.3) is 0 Å². The molecule has 2 fully saturated rings. The first kappa shape index (κ1) is 22.8. The van der Waals surface area contributed by atoms with Crippen LogP contribution in [0.4, 0.5) is 14.5 Å². The maximum Gasteiger partial charge on any atom is 0.228 e. The summed E-state index contributed by atoms with van der Waals surface area (Å²) in [4.78, 5) is 46.1. The van der Waals surface area contributed by atoms with Crippen molar-refractivity contribution in [1.29, 1.82) is 0 Å². The van der Waals surface area contributed by atoms with Crippen LogP contribution >= 0.6 is 0 Å². The molecule has 0 radical (unpaired) electrons. The monoisotopic (exact) mass is 456 g/mol. The number of hydrogen-bond acceptors (Lipinski definition) is 5. The zero-order chi connectivity index (χ0) is 23.8. The van der Waals surface area contributed by atoms with Crippen LogP contribution in [0.2, 0.25) is 0 Å². The molecule has 174 valence electrons. The third-order valence-corrected chi connectivity index (χ3v) is 6.46. The van der Waals surface area contributed by atoms with E-state index in [1.807, 2.05) is 11.8 Å². The average Bonchev–Trinajstić information content (AvgIpc) is 3.09. The Balaban J connectivity index is 1.47. The fourth-order valence-electron chi connectivity index (χ4n) is 4.80. The Kier molecular flexibility index (Phi) is 6.14. The molecule has 0 bridgehead atoms. The van der Waals surface area contributed by atoms with E-state index in [1.54, 1.807) is 36.2 Å². The van der Waals surface area contributed by atoms with Gasteiger partial charge in [0, 0.05) is 49.5 Å². The first-order chi connectivity index (χ1) is 15.7. The van der Waals surface area contributed by atoms with Gasteiger partial charge in [-0.25, -0.2) is 8.78 Å². The molecule has 2 aromatic rings. The number of benzene rings is 1. The summed E-state index contributed by atoms with van der Waals surface area (Å²) >= 11 is 0. The van der Waals surface area contributed by atoms with Gasteiger partial charge < -0.3 is 15.1 Å². The summed E-state index contributed by atoms with van der Waals surface area (Å²) < 4.78 is 27.0. The zero-order valence-electron chi connectivity index (χ0n) is 18.6. The molecule has 1 aromatic heterocycles. The van der Waals surface area contributed by atoms with Crippen molar-refractivity contribution in [2.45, 2.75) is 38.3 Å². The predicted molar refractivity (Wildman–Crippen MR) is 117 cm³/mol. The second-order valence-corrected chi connectivity index (χ2v) is 8.80. The quantitative estimate of drug-likeness (QED) is 0.699. The lowest BCUT2D eigenvalue weighted by Gasteiger charge is -2.42. The lowest BCUT2D eigenvalue weighted by Crippen LogP contribution is -2.55. The number of aromatic nitrogens is 1. The molecule has 2 saturated heterocycles. The van der Waals surface area contributed by atoms with Crippen LogP contribution in [0.3, 0.4) is 0 Å². The summed E-state index contributed by atoms with van der Waals surface area (Å²) in [6.07, 6.45) is 1.44. The van der Waals surface area contributed by atoms with Gasteiger partial charge in [-0.05, 0) is 37.6 Å². The van der Waals surface area contributed by atoms with Crippen molar-refractivity contribution in [3.63, 3.8) is 0 Å². The van der Waals surface area contributed by atoms with Gasteiger partial charge in [0.1, 0.15) is 5.54 Å². The van der Waals surface area contributed by atoms with Crippen molar-refractivity contribution in [2.24, 2.45) is 5.92 Å². The number of amides is 2. The Labute approximate surface area is 190 Å². The summed E-state index contributed by atoms with van der Waals surface area (Å²) in [6, 6.07) is 8.83. The highest BCUT2D eigenvalue weighted by Gasteiger charge is 2.50. The first-order valence-corrected chi connectivity index (χ1v) is 11.0. The highest BCUT2D eigenvalue weighted by atomic mass is 19.2. The molecule has 3 atom stereocenters. The molecule has 1 aromatic carbocycles. The molecule has 2 amide bonds. The Hall–Kier alpha value is -3.36. The molecule has 4 rings (SSSR count). The van der Waals surface area contributed by atoms with Gasteiger partial charge in [0.2, 0.25) is 11.8 Å². The number of pyridine rings is 1. The highest BCUT2D eigenvalue weighted by Crippen LogP contribution is 2.34. The Morgan fingerprint density at radius 2 is 2.00 bits per heavy atom. The molecule has 1 N–H and O–H groups in total. The van der Waals surface area contributed by atoms with E-state index in [4.69, 9.17) is 0 Å². The summed E-state index contributed by atoms with van der Waals surface area (Å²) in [5.41, 5.74) is -0.320. The summed E-state index contributed by atoms with van der Waals surface area (Å²) in [5, 5.41) is 2.77. The predicted octanol–water partition coefficient (Wildman–Crippen LogP) is 2.41. The fourth-order valence-corrected chi connectivity index (χ4v) is 4.80. The van der Waals surface area contributed by atoms with Crippen LogP contribution in [-0.2, 0) is 19.9 Å². The number of piperazine rings is 1. The van der Waals surface area contributed by atoms with Crippen molar-refractivity contribution in [1.82, 2.24) is 15.2 Å². The zero-order valence-corrected chi connectivity index (χ0v) is 18.6. The van der Waals surface area contributed by atoms with Crippen molar-refractivity contribution in [3.05, 3.63) is 59.9 Å². The van der Waals surface area contributed by atoms with E-state index in [1.165, 1.54) is 6.07 Å².